The molecule has 0 aliphatic heterocycles. The van der Waals surface area contributed by atoms with Crippen molar-refractivity contribution in [3.8, 4) is 0 Å². The number of rotatable bonds is 6. The van der Waals surface area contributed by atoms with Gasteiger partial charge in [0, 0.05) is 11.1 Å². The molecule has 0 fully saturated rings. The summed E-state index contributed by atoms with van der Waals surface area (Å²) in [4.78, 5) is 26.4. The van der Waals surface area contributed by atoms with E-state index in [0.717, 1.165) is 16.3 Å². The Kier molecular flexibility index (Phi) is 5.11. The van der Waals surface area contributed by atoms with E-state index >= 15 is 0 Å². The largest absolute Gasteiger partial charge is 0.293 e. The van der Waals surface area contributed by atoms with Crippen molar-refractivity contribution >= 4 is 22.3 Å². The van der Waals surface area contributed by atoms with E-state index < -0.39 is 5.92 Å². The SMILES string of the molecule is O=C(c1ccccc1)C(Cc1ccc2ccccc2c1)C(=O)c1ccccc1. The van der Waals surface area contributed by atoms with Crippen LogP contribution in [0.5, 0.6) is 0 Å². The Bertz CT molecular complexity index is 1060. The summed E-state index contributed by atoms with van der Waals surface area (Å²) >= 11 is 0. The van der Waals surface area contributed by atoms with Crippen LogP contribution in [-0.4, -0.2) is 11.6 Å². The van der Waals surface area contributed by atoms with Gasteiger partial charge in [-0.2, -0.15) is 0 Å². The van der Waals surface area contributed by atoms with Crippen molar-refractivity contribution in [2.45, 2.75) is 6.42 Å². The first-order valence-corrected chi connectivity index (χ1v) is 9.38. The number of ketones is 2. The third kappa shape index (κ3) is 3.77. The normalized spacial score (nSPS) is 10.9. The molecule has 0 saturated heterocycles. The van der Waals surface area contributed by atoms with Gasteiger partial charge in [-0.05, 0) is 22.8 Å². The maximum atomic E-state index is 13.2. The van der Waals surface area contributed by atoms with E-state index in [1.165, 1.54) is 0 Å². The summed E-state index contributed by atoms with van der Waals surface area (Å²) in [6.45, 7) is 0. The lowest BCUT2D eigenvalue weighted by atomic mass is 9.85. The fourth-order valence-electron chi connectivity index (χ4n) is 3.51. The van der Waals surface area contributed by atoms with Gasteiger partial charge in [0.15, 0.2) is 11.6 Å². The van der Waals surface area contributed by atoms with Gasteiger partial charge in [0.05, 0.1) is 5.92 Å². The molecule has 2 heteroatoms. The van der Waals surface area contributed by atoms with Crippen LogP contribution in [0.25, 0.3) is 10.8 Å². The van der Waals surface area contributed by atoms with Crippen molar-refractivity contribution in [3.63, 3.8) is 0 Å². The Morgan fingerprint density at radius 2 is 1.07 bits per heavy atom. The monoisotopic (exact) mass is 364 g/mol. The fraction of sp³-hybridized carbons (Fsp3) is 0.0769. The summed E-state index contributed by atoms with van der Waals surface area (Å²) in [6.07, 6.45) is 0.381. The van der Waals surface area contributed by atoms with E-state index in [1.807, 2.05) is 66.7 Å². The molecular formula is C26H20O2. The topological polar surface area (TPSA) is 34.1 Å². The molecule has 28 heavy (non-hydrogen) atoms. The smallest absolute Gasteiger partial charge is 0.174 e. The van der Waals surface area contributed by atoms with Crippen LogP contribution in [0.2, 0.25) is 0 Å². The molecule has 2 nitrogen and oxygen atoms in total. The number of hydrogen-bond acceptors (Lipinski definition) is 2. The number of hydrogen-bond donors (Lipinski definition) is 0. The number of Topliss-reactive ketones (excluding diaryl/α,β-unsaturated/α-hetero) is 2. The second-order valence-corrected chi connectivity index (χ2v) is 6.90. The molecule has 0 amide bonds. The van der Waals surface area contributed by atoms with E-state index in [0.29, 0.717) is 17.5 Å². The maximum Gasteiger partial charge on any atom is 0.174 e. The Morgan fingerprint density at radius 1 is 0.571 bits per heavy atom. The lowest BCUT2D eigenvalue weighted by Crippen LogP contribution is -2.26. The molecule has 0 unspecified atom stereocenters. The van der Waals surface area contributed by atoms with E-state index in [4.69, 9.17) is 0 Å². The number of benzene rings is 4. The zero-order chi connectivity index (χ0) is 19.3. The average molecular weight is 364 g/mol. The minimum absolute atomic E-state index is 0.136. The second kappa shape index (κ2) is 8.01. The van der Waals surface area contributed by atoms with E-state index in [-0.39, 0.29) is 11.6 Å². The molecule has 0 bridgehead atoms. The Morgan fingerprint density at radius 3 is 1.64 bits per heavy atom. The predicted molar refractivity (Wildman–Crippen MR) is 113 cm³/mol. The summed E-state index contributed by atoms with van der Waals surface area (Å²) in [7, 11) is 0. The van der Waals surface area contributed by atoms with Gasteiger partial charge in [-0.1, -0.05) is 103 Å². The summed E-state index contributed by atoms with van der Waals surface area (Å²) in [5, 5.41) is 2.25. The first-order valence-electron chi connectivity index (χ1n) is 9.38. The van der Waals surface area contributed by atoms with Gasteiger partial charge in [-0.15, -0.1) is 0 Å². The zero-order valence-electron chi connectivity index (χ0n) is 15.4. The highest BCUT2D eigenvalue weighted by Gasteiger charge is 2.28. The molecular weight excluding hydrogens is 344 g/mol. The zero-order valence-corrected chi connectivity index (χ0v) is 15.4. The minimum atomic E-state index is -0.744. The van der Waals surface area contributed by atoms with Crippen molar-refractivity contribution in [2.24, 2.45) is 5.92 Å². The van der Waals surface area contributed by atoms with Crippen LogP contribution in [0, 0.1) is 5.92 Å². The summed E-state index contributed by atoms with van der Waals surface area (Å²) in [6, 6.07) is 32.4. The third-order valence-corrected chi connectivity index (χ3v) is 5.00. The highest BCUT2D eigenvalue weighted by atomic mass is 16.2. The summed E-state index contributed by atoms with van der Waals surface area (Å²) < 4.78 is 0. The molecule has 0 spiro atoms. The van der Waals surface area contributed by atoms with Gasteiger partial charge in [0.2, 0.25) is 0 Å². The molecule has 0 heterocycles. The predicted octanol–water partition coefficient (Wildman–Crippen LogP) is 5.76. The van der Waals surface area contributed by atoms with Gasteiger partial charge >= 0.3 is 0 Å². The molecule has 0 N–H and O–H groups in total. The van der Waals surface area contributed by atoms with E-state index in [1.54, 1.807) is 24.3 Å². The molecule has 4 aromatic carbocycles. The van der Waals surface area contributed by atoms with Gasteiger partial charge in [-0.3, -0.25) is 9.59 Å². The van der Waals surface area contributed by atoms with Crippen LogP contribution in [0.15, 0.2) is 103 Å². The molecule has 0 saturated carbocycles. The van der Waals surface area contributed by atoms with Crippen LogP contribution in [-0.2, 0) is 6.42 Å². The standard InChI is InChI=1S/C26H20O2/c27-25(21-10-3-1-4-11-21)24(26(28)22-12-5-2-6-13-22)18-19-15-16-20-9-7-8-14-23(20)17-19/h1-17,24H,18H2. The first-order chi connectivity index (χ1) is 13.7. The highest BCUT2D eigenvalue weighted by molar-refractivity contribution is 6.16. The average Bonchev–Trinajstić information content (AvgIpc) is 2.77. The number of carbonyl (C=O) groups excluding carboxylic acids is 2. The van der Waals surface area contributed by atoms with Crippen LogP contribution < -0.4 is 0 Å². The van der Waals surface area contributed by atoms with Crippen molar-refractivity contribution < 1.29 is 9.59 Å². The molecule has 0 aliphatic rings. The molecule has 136 valence electrons. The fourth-order valence-corrected chi connectivity index (χ4v) is 3.51. The molecule has 0 radical (unpaired) electrons. The van der Waals surface area contributed by atoms with Crippen molar-refractivity contribution in [2.75, 3.05) is 0 Å². The highest BCUT2D eigenvalue weighted by Crippen LogP contribution is 2.23. The summed E-state index contributed by atoms with van der Waals surface area (Å²) in [5.74, 6) is -1.02. The van der Waals surface area contributed by atoms with Crippen LogP contribution >= 0.6 is 0 Å². The van der Waals surface area contributed by atoms with Crippen molar-refractivity contribution in [3.05, 3.63) is 120 Å². The van der Waals surface area contributed by atoms with Crippen LogP contribution in [0.1, 0.15) is 26.3 Å². The van der Waals surface area contributed by atoms with E-state index in [2.05, 4.69) is 12.1 Å². The minimum Gasteiger partial charge on any atom is -0.293 e. The Hall–Kier alpha value is -3.52. The summed E-state index contributed by atoms with van der Waals surface area (Å²) in [5.41, 5.74) is 2.12. The molecule has 0 aliphatic carbocycles. The van der Waals surface area contributed by atoms with Gasteiger partial charge < -0.3 is 0 Å². The second-order valence-electron chi connectivity index (χ2n) is 6.90. The third-order valence-electron chi connectivity index (χ3n) is 5.00. The Labute approximate surface area is 164 Å². The van der Waals surface area contributed by atoms with Crippen LogP contribution in [0.4, 0.5) is 0 Å². The van der Waals surface area contributed by atoms with Gasteiger partial charge in [-0.25, -0.2) is 0 Å². The Balaban J connectivity index is 1.71. The number of fused-ring (bicyclic) bond motifs is 1. The lowest BCUT2D eigenvalue weighted by Gasteiger charge is -2.16. The van der Waals surface area contributed by atoms with Crippen molar-refractivity contribution in [1.29, 1.82) is 0 Å². The molecule has 0 atom stereocenters. The first kappa shape index (κ1) is 17.9. The molecule has 0 aromatic heterocycles. The lowest BCUT2D eigenvalue weighted by molar-refractivity contribution is 0.0806. The quantitative estimate of drug-likeness (QED) is 0.322. The molecule has 4 rings (SSSR count). The van der Waals surface area contributed by atoms with Gasteiger partial charge in [0.1, 0.15) is 0 Å². The van der Waals surface area contributed by atoms with Crippen molar-refractivity contribution in [1.82, 2.24) is 0 Å². The van der Waals surface area contributed by atoms with E-state index in [9.17, 15) is 9.59 Å². The van der Waals surface area contributed by atoms with Crippen LogP contribution in [0.3, 0.4) is 0 Å². The molecule has 4 aromatic rings. The maximum absolute atomic E-state index is 13.2. The number of carbonyl (C=O) groups is 2. The van der Waals surface area contributed by atoms with Gasteiger partial charge in [0.25, 0.3) is 0 Å².